The first-order valence-corrected chi connectivity index (χ1v) is 6.86. The van der Waals surface area contributed by atoms with E-state index in [0.29, 0.717) is 12.8 Å². The number of aryl methyl sites for hydroxylation is 1. The van der Waals surface area contributed by atoms with Crippen molar-refractivity contribution in [3.05, 3.63) is 11.1 Å². The Morgan fingerprint density at radius 1 is 1.81 bits per heavy atom. The van der Waals surface area contributed by atoms with Gasteiger partial charge in [-0.3, -0.25) is 4.79 Å². The molecule has 1 saturated carbocycles. The number of thiazole rings is 1. The van der Waals surface area contributed by atoms with Crippen molar-refractivity contribution in [1.82, 2.24) is 4.98 Å². The Labute approximate surface area is 102 Å². The summed E-state index contributed by atoms with van der Waals surface area (Å²) in [5.41, 5.74) is 5.81. The molecule has 0 saturated heterocycles. The number of aromatic nitrogens is 1. The molecule has 6 heteroatoms. The number of nitrogens with two attached hydrogens (primary N) is 1. The Kier molecular flexibility index (Phi) is 3.23. The summed E-state index contributed by atoms with van der Waals surface area (Å²) in [6.45, 7) is 1.96. The highest BCUT2D eigenvalue weighted by Crippen LogP contribution is 2.39. The number of nitrogens with zero attached hydrogens (tertiary/aromatic N) is 1. The predicted octanol–water partition coefficient (Wildman–Crippen LogP) is 1.88. The summed E-state index contributed by atoms with van der Waals surface area (Å²) < 4.78 is 1.01. The molecule has 88 valence electrons. The maximum Gasteiger partial charge on any atom is 0.323 e. The number of aliphatic carboxylic acids is 1. The fourth-order valence-corrected chi connectivity index (χ4v) is 4.25. The molecule has 0 spiro atoms. The Hall–Kier alpha value is -0.590. The van der Waals surface area contributed by atoms with Crippen LogP contribution in [0.25, 0.3) is 0 Å². The van der Waals surface area contributed by atoms with Crippen molar-refractivity contribution in [3.8, 4) is 0 Å². The largest absolute Gasteiger partial charge is 0.480 e. The van der Waals surface area contributed by atoms with Gasteiger partial charge in [0.25, 0.3) is 0 Å². The minimum Gasteiger partial charge on any atom is -0.480 e. The molecule has 0 bridgehead atoms. The van der Waals surface area contributed by atoms with Crippen LogP contribution in [0, 0.1) is 6.92 Å². The van der Waals surface area contributed by atoms with Crippen molar-refractivity contribution in [2.24, 2.45) is 5.73 Å². The first kappa shape index (κ1) is 11.9. The highest BCUT2D eigenvalue weighted by Gasteiger charge is 2.42. The summed E-state index contributed by atoms with van der Waals surface area (Å²) in [7, 11) is 0. The van der Waals surface area contributed by atoms with Crippen molar-refractivity contribution in [3.63, 3.8) is 0 Å². The van der Waals surface area contributed by atoms with Gasteiger partial charge in [0, 0.05) is 16.3 Å². The molecule has 1 aromatic heterocycles. The fourth-order valence-electron chi connectivity index (χ4n) is 1.85. The smallest absolute Gasteiger partial charge is 0.323 e. The number of carboxylic acid groups (broad SMARTS) is 1. The van der Waals surface area contributed by atoms with Crippen molar-refractivity contribution in [2.75, 3.05) is 0 Å². The first-order chi connectivity index (χ1) is 7.49. The number of thioether (sulfide) groups is 1. The van der Waals surface area contributed by atoms with Crippen LogP contribution in [0.1, 0.15) is 25.0 Å². The molecule has 1 fully saturated rings. The second-order valence-electron chi connectivity index (χ2n) is 4.20. The zero-order valence-corrected chi connectivity index (χ0v) is 10.6. The quantitative estimate of drug-likeness (QED) is 0.865. The van der Waals surface area contributed by atoms with E-state index in [4.69, 9.17) is 10.8 Å². The van der Waals surface area contributed by atoms with Gasteiger partial charge >= 0.3 is 5.97 Å². The highest BCUT2D eigenvalue weighted by atomic mass is 32.2. The Balaban J connectivity index is 1.97. The third-order valence-corrected chi connectivity index (χ3v) is 5.15. The highest BCUT2D eigenvalue weighted by molar-refractivity contribution is 8.01. The van der Waals surface area contributed by atoms with E-state index >= 15 is 0 Å². The number of carbonyl (C=O) groups is 1. The molecule has 0 aliphatic heterocycles. The Morgan fingerprint density at radius 3 is 3.06 bits per heavy atom. The number of hydrogen-bond acceptors (Lipinski definition) is 5. The van der Waals surface area contributed by atoms with Gasteiger partial charge in [-0.05, 0) is 26.2 Å². The van der Waals surface area contributed by atoms with Gasteiger partial charge in [0.15, 0.2) is 0 Å². The van der Waals surface area contributed by atoms with E-state index in [1.807, 2.05) is 12.3 Å². The molecule has 0 radical (unpaired) electrons. The van der Waals surface area contributed by atoms with Gasteiger partial charge in [-0.2, -0.15) is 0 Å². The first-order valence-electron chi connectivity index (χ1n) is 5.11. The molecule has 0 aromatic carbocycles. The average Bonchev–Trinajstić information content (AvgIpc) is 2.75. The molecule has 1 aliphatic carbocycles. The monoisotopic (exact) mass is 258 g/mol. The van der Waals surface area contributed by atoms with Crippen LogP contribution in [-0.2, 0) is 4.79 Å². The predicted molar refractivity (Wildman–Crippen MR) is 64.9 cm³/mol. The normalized spacial score (nSPS) is 29.5. The van der Waals surface area contributed by atoms with E-state index in [0.717, 1.165) is 16.5 Å². The van der Waals surface area contributed by atoms with Crippen LogP contribution in [-0.4, -0.2) is 26.8 Å². The lowest BCUT2D eigenvalue weighted by atomic mass is 10.0. The summed E-state index contributed by atoms with van der Waals surface area (Å²) in [4.78, 5) is 15.3. The van der Waals surface area contributed by atoms with E-state index in [1.165, 1.54) is 0 Å². The molecule has 1 heterocycles. The van der Waals surface area contributed by atoms with Gasteiger partial charge < -0.3 is 10.8 Å². The van der Waals surface area contributed by atoms with Crippen LogP contribution in [0.2, 0.25) is 0 Å². The minimum atomic E-state index is -1.02. The zero-order valence-electron chi connectivity index (χ0n) is 8.97. The van der Waals surface area contributed by atoms with Crippen molar-refractivity contribution < 1.29 is 9.90 Å². The molecule has 16 heavy (non-hydrogen) atoms. The van der Waals surface area contributed by atoms with Crippen LogP contribution in [0.15, 0.2) is 9.72 Å². The van der Waals surface area contributed by atoms with Gasteiger partial charge in [0.1, 0.15) is 9.88 Å². The zero-order chi connectivity index (χ0) is 11.8. The van der Waals surface area contributed by atoms with Gasteiger partial charge in [0.05, 0.1) is 0 Å². The van der Waals surface area contributed by atoms with E-state index in [2.05, 4.69) is 4.98 Å². The summed E-state index contributed by atoms with van der Waals surface area (Å²) in [5, 5.41) is 11.3. The van der Waals surface area contributed by atoms with Gasteiger partial charge in [-0.1, -0.05) is 11.8 Å². The Bertz CT molecular complexity index is 407. The molecule has 4 nitrogen and oxygen atoms in total. The van der Waals surface area contributed by atoms with Crippen molar-refractivity contribution >= 4 is 29.1 Å². The van der Waals surface area contributed by atoms with Gasteiger partial charge in [-0.25, -0.2) is 4.98 Å². The van der Waals surface area contributed by atoms with E-state index < -0.39 is 11.5 Å². The van der Waals surface area contributed by atoms with Crippen LogP contribution < -0.4 is 5.73 Å². The number of rotatable bonds is 3. The molecule has 3 N–H and O–H groups in total. The number of hydrogen-bond donors (Lipinski definition) is 2. The molecular weight excluding hydrogens is 244 g/mol. The molecule has 1 aliphatic rings. The maximum atomic E-state index is 11.0. The fraction of sp³-hybridized carbons (Fsp3) is 0.600. The summed E-state index contributed by atoms with van der Waals surface area (Å²) >= 11 is 3.26. The second-order valence-corrected chi connectivity index (χ2v) is 6.60. The van der Waals surface area contributed by atoms with Crippen LogP contribution in [0.3, 0.4) is 0 Å². The van der Waals surface area contributed by atoms with Crippen LogP contribution in [0.5, 0.6) is 0 Å². The van der Waals surface area contributed by atoms with Crippen molar-refractivity contribution in [2.45, 2.75) is 41.3 Å². The Morgan fingerprint density at radius 2 is 2.56 bits per heavy atom. The van der Waals surface area contributed by atoms with E-state index in [-0.39, 0.29) is 5.25 Å². The minimum absolute atomic E-state index is 0.284. The van der Waals surface area contributed by atoms with E-state index in [9.17, 15) is 4.79 Å². The summed E-state index contributed by atoms with van der Waals surface area (Å²) in [5.74, 6) is -0.883. The average molecular weight is 258 g/mol. The lowest BCUT2D eigenvalue weighted by Crippen LogP contribution is -2.45. The topological polar surface area (TPSA) is 76.2 Å². The third kappa shape index (κ3) is 2.39. The lowest BCUT2D eigenvalue weighted by molar-refractivity contribution is -0.143. The van der Waals surface area contributed by atoms with Gasteiger partial charge in [-0.15, -0.1) is 11.3 Å². The molecule has 1 aromatic rings. The standard InChI is InChI=1S/C10H14N2O2S2/c1-6-5-15-9(12-6)16-7-2-3-10(11,4-7)8(13)14/h5,7H,2-4,11H2,1H3,(H,13,14). The van der Waals surface area contributed by atoms with Crippen LogP contribution >= 0.6 is 23.1 Å². The van der Waals surface area contributed by atoms with Gasteiger partial charge in [0.2, 0.25) is 0 Å². The lowest BCUT2D eigenvalue weighted by Gasteiger charge is -2.17. The molecule has 0 amide bonds. The summed E-state index contributed by atoms with van der Waals surface area (Å²) in [6, 6.07) is 0. The molecule has 2 atom stereocenters. The van der Waals surface area contributed by atoms with Crippen LogP contribution in [0.4, 0.5) is 0 Å². The summed E-state index contributed by atoms with van der Waals surface area (Å²) in [6.07, 6.45) is 1.95. The molecular formula is C10H14N2O2S2. The number of carboxylic acids is 1. The van der Waals surface area contributed by atoms with Crippen molar-refractivity contribution in [1.29, 1.82) is 0 Å². The maximum absolute atomic E-state index is 11.0. The second kappa shape index (κ2) is 4.35. The molecule has 2 unspecified atom stereocenters. The third-order valence-electron chi connectivity index (χ3n) is 2.80. The SMILES string of the molecule is Cc1csc(SC2CCC(N)(C(=O)O)C2)n1. The van der Waals surface area contributed by atoms with E-state index in [1.54, 1.807) is 23.1 Å². The molecule has 2 rings (SSSR count).